The van der Waals surface area contributed by atoms with E-state index in [0.717, 1.165) is 5.69 Å². The van der Waals surface area contributed by atoms with Crippen molar-refractivity contribution >= 4 is 21.2 Å². The molecule has 0 spiro atoms. The van der Waals surface area contributed by atoms with Gasteiger partial charge in [0.1, 0.15) is 0 Å². The third-order valence-electron chi connectivity index (χ3n) is 2.59. The minimum atomic E-state index is -3.11. The Morgan fingerprint density at radius 2 is 1.88 bits per heavy atom. The summed E-state index contributed by atoms with van der Waals surface area (Å²) in [6.45, 7) is 0. The van der Waals surface area contributed by atoms with Crippen molar-refractivity contribution in [3.05, 3.63) is 24.3 Å². The number of aliphatic hydroxyl groups excluding tert-OH is 1. The predicted octanol–water partition coefficient (Wildman–Crippen LogP) is -0.161. The minimum Gasteiger partial charge on any atom is -0.399 e. The molecule has 16 heavy (non-hydrogen) atoms. The van der Waals surface area contributed by atoms with E-state index < -0.39 is 22.0 Å². The quantitative estimate of drug-likeness (QED) is 0.627. The zero-order chi connectivity index (χ0) is 11.8. The van der Waals surface area contributed by atoms with E-state index in [2.05, 4.69) is 5.32 Å². The molecular weight excluding hydrogens is 228 g/mol. The van der Waals surface area contributed by atoms with Gasteiger partial charge in [-0.3, -0.25) is 0 Å². The fraction of sp³-hybridized carbons (Fsp3) is 0.400. The van der Waals surface area contributed by atoms with Crippen molar-refractivity contribution in [2.75, 3.05) is 22.6 Å². The normalized spacial score (nSPS) is 27.8. The average Bonchev–Trinajstić information content (AvgIpc) is 2.44. The van der Waals surface area contributed by atoms with Crippen molar-refractivity contribution in [2.45, 2.75) is 12.1 Å². The molecule has 1 aliphatic rings. The summed E-state index contributed by atoms with van der Waals surface area (Å²) in [4.78, 5) is 0. The summed E-state index contributed by atoms with van der Waals surface area (Å²) in [5, 5.41) is 12.6. The van der Waals surface area contributed by atoms with Crippen LogP contribution in [-0.2, 0) is 9.84 Å². The van der Waals surface area contributed by atoms with Crippen molar-refractivity contribution in [1.82, 2.24) is 0 Å². The molecule has 1 saturated heterocycles. The Hall–Kier alpha value is -1.27. The van der Waals surface area contributed by atoms with Gasteiger partial charge in [-0.05, 0) is 24.3 Å². The third-order valence-corrected chi connectivity index (χ3v) is 4.30. The average molecular weight is 242 g/mol. The molecule has 6 heteroatoms. The molecule has 0 bridgehead atoms. The van der Waals surface area contributed by atoms with Crippen LogP contribution >= 0.6 is 0 Å². The molecule has 0 amide bonds. The van der Waals surface area contributed by atoms with Gasteiger partial charge in [-0.25, -0.2) is 8.42 Å². The first-order valence-corrected chi connectivity index (χ1v) is 6.79. The number of anilines is 2. The molecule has 1 fully saturated rings. The van der Waals surface area contributed by atoms with Crippen LogP contribution in [0, 0.1) is 0 Å². The summed E-state index contributed by atoms with van der Waals surface area (Å²) >= 11 is 0. The second kappa shape index (κ2) is 3.95. The topological polar surface area (TPSA) is 92.4 Å². The molecule has 0 aromatic heterocycles. The van der Waals surface area contributed by atoms with Crippen LogP contribution in [0.5, 0.6) is 0 Å². The van der Waals surface area contributed by atoms with Crippen molar-refractivity contribution in [3.8, 4) is 0 Å². The Kier molecular flexibility index (Phi) is 2.77. The lowest BCUT2D eigenvalue weighted by Gasteiger charge is -2.16. The third kappa shape index (κ3) is 2.45. The van der Waals surface area contributed by atoms with Crippen LogP contribution in [0.3, 0.4) is 0 Å². The van der Waals surface area contributed by atoms with Crippen LogP contribution in [0.4, 0.5) is 11.4 Å². The molecule has 5 nitrogen and oxygen atoms in total. The van der Waals surface area contributed by atoms with E-state index in [1.807, 2.05) is 0 Å². The van der Waals surface area contributed by atoms with Crippen molar-refractivity contribution in [2.24, 2.45) is 0 Å². The Labute approximate surface area is 94.2 Å². The van der Waals surface area contributed by atoms with Crippen LogP contribution in [0.1, 0.15) is 0 Å². The molecule has 2 atom stereocenters. The predicted molar refractivity (Wildman–Crippen MR) is 62.9 cm³/mol. The van der Waals surface area contributed by atoms with Gasteiger partial charge in [0, 0.05) is 11.4 Å². The lowest BCUT2D eigenvalue weighted by molar-refractivity contribution is 0.190. The first-order chi connectivity index (χ1) is 7.46. The van der Waals surface area contributed by atoms with Crippen LogP contribution in [0.15, 0.2) is 24.3 Å². The minimum absolute atomic E-state index is 0.0292. The van der Waals surface area contributed by atoms with Gasteiger partial charge in [0.05, 0.1) is 23.7 Å². The maximum absolute atomic E-state index is 11.3. The highest BCUT2D eigenvalue weighted by Gasteiger charge is 2.36. The number of nitrogens with two attached hydrogens (primary N) is 1. The van der Waals surface area contributed by atoms with Gasteiger partial charge in [-0.1, -0.05) is 0 Å². The molecule has 4 N–H and O–H groups in total. The monoisotopic (exact) mass is 242 g/mol. The molecular formula is C10H14N2O3S. The van der Waals surface area contributed by atoms with Gasteiger partial charge < -0.3 is 16.2 Å². The lowest BCUT2D eigenvalue weighted by atomic mass is 10.2. The Morgan fingerprint density at radius 3 is 2.38 bits per heavy atom. The molecule has 88 valence electrons. The fourth-order valence-electron chi connectivity index (χ4n) is 1.76. The number of nitrogen functional groups attached to an aromatic ring is 1. The van der Waals surface area contributed by atoms with E-state index in [9.17, 15) is 13.5 Å². The van der Waals surface area contributed by atoms with Crippen LogP contribution in [-0.4, -0.2) is 37.2 Å². The van der Waals surface area contributed by atoms with Crippen LogP contribution < -0.4 is 11.1 Å². The van der Waals surface area contributed by atoms with E-state index in [-0.39, 0.29) is 11.5 Å². The highest BCUT2D eigenvalue weighted by molar-refractivity contribution is 7.91. The molecule has 1 heterocycles. The van der Waals surface area contributed by atoms with Gasteiger partial charge in [-0.2, -0.15) is 0 Å². The van der Waals surface area contributed by atoms with Crippen molar-refractivity contribution in [3.63, 3.8) is 0 Å². The maximum Gasteiger partial charge on any atom is 0.155 e. The van der Waals surface area contributed by atoms with Crippen LogP contribution in [0.25, 0.3) is 0 Å². The SMILES string of the molecule is Nc1ccc(N[C@@H]2CS(=O)(=O)C[C@@H]2O)cc1. The Morgan fingerprint density at radius 1 is 1.25 bits per heavy atom. The zero-order valence-corrected chi connectivity index (χ0v) is 9.44. The molecule has 0 unspecified atom stereocenters. The van der Waals surface area contributed by atoms with Gasteiger partial charge in [0.2, 0.25) is 0 Å². The molecule has 1 aliphatic heterocycles. The summed E-state index contributed by atoms with van der Waals surface area (Å²) in [5.74, 6) is -0.196. The summed E-state index contributed by atoms with van der Waals surface area (Å²) in [7, 11) is -3.11. The van der Waals surface area contributed by atoms with E-state index >= 15 is 0 Å². The first kappa shape index (κ1) is 11.2. The second-order valence-electron chi connectivity index (χ2n) is 4.02. The van der Waals surface area contributed by atoms with Gasteiger partial charge in [-0.15, -0.1) is 0 Å². The van der Waals surface area contributed by atoms with Crippen LogP contribution in [0.2, 0.25) is 0 Å². The van der Waals surface area contributed by atoms with Crippen molar-refractivity contribution in [1.29, 1.82) is 0 Å². The summed E-state index contributed by atoms with van der Waals surface area (Å²) < 4.78 is 22.6. The molecule has 0 radical (unpaired) electrons. The standard InChI is InChI=1S/C10H14N2O3S/c11-7-1-3-8(4-2-7)12-9-5-16(14,15)6-10(9)13/h1-4,9-10,12-13H,5-6,11H2/t9-,10+/m1/s1. The fourth-order valence-corrected chi connectivity index (χ4v) is 3.50. The maximum atomic E-state index is 11.3. The highest BCUT2D eigenvalue weighted by atomic mass is 32.2. The van der Waals surface area contributed by atoms with E-state index in [0.29, 0.717) is 5.69 Å². The smallest absolute Gasteiger partial charge is 0.155 e. The number of nitrogens with one attached hydrogen (secondary N) is 1. The van der Waals surface area contributed by atoms with Gasteiger partial charge >= 0.3 is 0 Å². The summed E-state index contributed by atoms with van der Waals surface area (Å²) in [6.07, 6.45) is -0.845. The molecule has 1 aromatic carbocycles. The molecule has 1 aromatic rings. The molecule has 0 aliphatic carbocycles. The summed E-state index contributed by atoms with van der Waals surface area (Å²) in [6, 6.07) is 6.52. The molecule has 2 rings (SSSR count). The van der Waals surface area contributed by atoms with E-state index in [1.54, 1.807) is 24.3 Å². The van der Waals surface area contributed by atoms with Gasteiger partial charge in [0.25, 0.3) is 0 Å². The van der Waals surface area contributed by atoms with E-state index in [4.69, 9.17) is 5.73 Å². The van der Waals surface area contributed by atoms with Crippen molar-refractivity contribution < 1.29 is 13.5 Å². The number of benzene rings is 1. The zero-order valence-electron chi connectivity index (χ0n) is 8.63. The summed E-state index contributed by atoms with van der Waals surface area (Å²) in [5.41, 5.74) is 6.94. The molecule has 0 saturated carbocycles. The number of hydrogen-bond acceptors (Lipinski definition) is 5. The largest absolute Gasteiger partial charge is 0.399 e. The second-order valence-corrected chi connectivity index (χ2v) is 6.17. The highest BCUT2D eigenvalue weighted by Crippen LogP contribution is 2.18. The Balaban J connectivity index is 2.08. The number of hydrogen-bond donors (Lipinski definition) is 3. The van der Waals surface area contributed by atoms with Gasteiger partial charge in [0.15, 0.2) is 9.84 Å². The first-order valence-electron chi connectivity index (χ1n) is 4.97. The number of sulfone groups is 1. The Bertz CT molecular complexity index is 469. The number of aliphatic hydroxyl groups is 1. The number of rotatable bonds is 2. The lowest BCUT2D eigenvalue weighted by Crippen LogP contribution is -2.31. The van der Waals surface area contributed by atoms with E-state index in [1.165, 1.54) is 0 Å².